The van der Waals surface area contributed by atoms with E-state index in [-0.39, 0.29) is 12.3 Å². The van der Waals surface area contributed by atoms with E-state index >= 15 is 0 Å². The van der Waals surface area contributed by atoms with Crippen molar-refractivity contribution in [3.8, 4) is 0 Å². The zero-order valence-electron chi connectivity index (χ0n) is 16.2. The van der Waals surface area contributed by atoms with Crippen LogP contribution in [-0.2, 0) is 9.53 Å². The Kier molecular flexibility index (Phi) is 5.09. The zero-order valence-corrected chi connectivity index (χ0v) is 16.2. The van der Waals surface area contributed by atoms with Gasteiger partial charge in [0.05, 0.1) is 17.8 Å². The third-order valence-corrected chi connectivity index (χ3v) is 4.97. The third kappa shape index (κ3) is 3.50. The van der Waals surface area contributed by atoms with Crippen molar-refractivity contribution >= 4 is 29.0 Å². The molecule has 1 aliphatic rings. The summed E-state index contributed by atoms with van der Waals surface area (Å²) in [7, 11) is 3.56. The van der Waals surface area contributed by atoms with Gasteiger partial charge in [0.1, 0.15) is 6.73 Å². The van der Waals surface area contributed by atoms with Gasteiger partial charge in [0.15, 0.2) is 11.6 Å². The van der Waals surface area contributed by atoms with Crippen LogP contribution in [0.25, 0.3) is 0 Å². The number of hydrogen-bond acceptors (Lipinski definition) is 7. The minimum absolute atomic E-state index is 0.0493. The van der Waals surface area contributed by atoms with Crippen LogP contribution in [0.5, 0.6) is 0 Å². The zero-order chi connectivity index (χ0) is 20.4. The molecule has 3 aromatic rings. The van der Waals surface area contributed by atoms with Crippen LogP contribution in [0.2, 0.25) is 0 Å². The van der Waals surface area contributed by atoms with E-state index in [1.165, 1.54) is 0 Å². The number of aromatic nitrogens is 3. The van der Waals surface area contributed by atoms with Crippen LogP contribution in [0.3, 0.4) is 0 Å². The molecule has 0 bridgehead atoms. The highest BCUT2D eigenvalue weighted by molar-refractivity contribution is 5.89. The van der Waals surface area contributed by atoms with Crippen LogP contribution >= 0.6 is 0 Å². The molecule has 1 unspecified atom stereocenters. The van der Waals surface area contributed by atoms with Gasteiger partial charge in [0, 0.05) is 44.4 Å². The number of benzene rings is 1. The lowest BCUT2D eigenvalue weighted by Gasteiger charge is -2.36. The van der Waals surface area contributed by atoms with Gasteiger partial charge in [-0.2, -0.15) is 0 Å². The number of rotatable bonds is 6. The van der Waals surface area contributed by atoms with Gasteiger partial charge in [0.2, 0.25) is 0 Å². The minimum atomic E-state index is -0.875. The van der Waals surface area contributed by atoms with Gasteiger partial charge < -0.3 is 14.7 Å². The number of carboxylic acid groups (broad SMARTS) is 1. The number of methoxy groups -OCH3 is 1. The molecule has 0 fully saturated rings. The molecule has 4 rings (SSSR count). The summed E-state index contributed by atoms with van der Waals surface area (Å²) in [5, 5.41) is 9.47. The van der Waals surface area contributed by atoms with Gasteiger partial charge in [-0.05, 0) is 29.8 Å². The molecule has 0 aliphatic carbocycles. The van der Waals surface area contributed by atoms with Crippen LogP contribution in [0, 0.1) is 0 Å². The molecule has 1 atom stereocenters. The van der Waals surface area contributed by atoms with Crippen molar-refractivity contribution < 1.29 is 14.6 Å². The molecule has 3 heterocycles. The topological polar surface area (TPSA) is 91.7 Å². The molecule has 8 nitrogen and oxygen atoms in total. The largest absolute Gasteiger partial charge is 0.481 e. The number of carboxylic acids is 1. The molecule has 1 aromatic carbocycles. The first-order valence-electron chi connectivity index (χ1n) is 9.18. The summed E-state index contributed by atoms with van der Waals surface area (Å²) in [6.45, 7) is 0.295. The van der Waals surface area contributed by atoms with E-state index < -0.39 is 5.97 Å². The summed E-state index contributed by atoms with van der Waals surface area (Å²) in [4.78, 5) is 28.8. The van der Waals surface area contributed by atoms with Crippen molar-refractivity contribution in [3.05, 3.63) is 66.2 Å². The van der Waals surface area contributed by atoms with Crippen molar-refractivity contribution in [3.63, 3.8) is 0 Å². The van der Waals surface area contributed by atoms with Crippen LogP contribution < -0.4 is 9.80 Å². The summed E-state index contributed by atoms with van der Waals surface area (Å²) in [6.07, 6.45) is 4.93. The second-order valence-corrected chi connectivity index (χ2v) is 6.76. The molecule has 2 aromatic heterocycles. The highest BCUT2D eigenvalue weighted by Crippen LogP contribution is 2.46. The Morgan fingerprint density at radius 1 is 1.07 bits per heavy atom. The molecule has 0 saturated heterocycles. The Hall–Kier alpha value is -3.52. The van der Waals surface area contributed by atoms with Crippen molar-refractivity contribution in [1.29, 1.82) is 0 Å². The standard InChI is InChI=1S/C21H21N5O3/c1-25-17-7-6-14(15(12-19(27)28)16-5-3-4-8-22-16)11-18(17)26(13-29-2)21-20(25)23-9-10-24-21/h3-11,15H,12-13H2,1-2H3,(H,27,28). The second kappa shape index (κ2) is 7.84. The van der Waals surface area contributed by atoms with Gasteiger partial charge in [-0.15, -0.1) is 0 Å². The van der Waals surface area contributed by atoms with E-state index in [4.69, 9.17) is 4.74 Å². The number of fused-ring (bicyclic) bond motifs is 2. The SMILES string of the molecule is COCN1c2cc(C(CC(=O)O)c3ccccn3)ccc2N(C)c2nccnc21. The third-order valence-electron chi connectivity index (χ3n) is 4.97. The Balaban J connectivity index is 1.83. The van der Waals surface area contributed by atoms with E-state index in [9.17, 15) is 9.90 Å². The van der Waals surface area contributed by atoms with Crippen LogP contribution in [0.4, 0.5) is 23.0 Å². The van der Waals surface area contributed by atoms with Gasteiger partial charge in [-0.3, -0.25) is 14.7 Å². The van der Waals surface area contributed by atoms with Crippen LogP contribution in [-0.4, -0.2) is 46.9 Å². The van der Waals surface area contributed by atoms with E-state index in [1.807, 2.05) is 53.2 Å². The molecule has 29 heavy (non-hydrogen) atoms. The number of carbonyl (C=O) groups is 1. The molecular weight excluding hydrogens is 370 g/mol. The molecule has 8 heteroatoms. The number of ether oxygens (including phenoxy) is 1. The summed E-state index contributed by atoms with van der Waals surface area (Å²) in [6, 6.07) is 11.5. The Bertz CT molecular complexity index is 1030. The number of nitrogens with zero attached hydrogens (tertiary/aromatic N) is 5. The first-order chi connectivity index (χ1) is 14.1. The summed E-state index contributed by atoms with van der Waals surface area (Å²) in [5.41, 5.74) is 3.41. The van der Waals surface area contributed by atoms with E-state index in [1.54, 1.807) is 25.7 Å². The average molecular weight is 391 g/mol. The number of pyridine rings is 1. The maximum atomic E-state index is 11.5. The molecule has 0 saturated carbocycles. The number of aliphatic carboxylic acids is 1. The van der Waals surface area contributed by atoms with Crippen molar-refractivity contribution in [2.75, 3.05) is 30.7 Å². The monoisotopic (exact) mass is 391 g/mol. The number of anilines is 4. The normalized spacial score (nSPS) is 13.6. The lowest BCUT2D eigenvalue weighted by Crippen LogP contribution is -2.30. The van der Waals surface area contributed by atoms with Gasteiger partial charge in [-0.1, -0.05) is 12.1 Å². The van der Waals surface area contributed by atoms with Gasteiger partial charge in [-0.25, -0.2) is 9.97 Å². The minimum Gasteiger partial charge on any atom is -0.481 e. The van der Waals surface area contributed by atoms with Crippen molar-refractivity contribution in [2.24, 2.45) is 0 Å². The maximum Gasteiger partial charge on any atom is 0.304 e. The van der Waals surface area contributed by atoms with Gasteiger partial charge >= 0.3 is 5.97 Å². The van der Waals surface area contributed by atoms with Crippen LogP contribution in [0.15, 0.2) is 55.0 Å². The molecule has 1 aliphatic heterocycles. The summed E-state index contributed by atoms with van der Waals surface area (Å²) >= 11 is 0. The predicted octanol–water partition coefficient (Wildman–Crippen LogP) is 3.30. The average Bonchev–Trinajstić information content (AvgIpc) is 2.75. The fourth-order valence-electron chi connectivity index (χ4n) is 3.65. The van der Waals surface area contributed by atoms with E-state index in [2.05, 4.69) is 15.0 Å². The Labute approximate surface area is 168 Å². The van der Waals surface area contributed by atoms with E-state index in [0.717, 1.165) is 28.5 Å². The molecule has 0 spiro atoms. The molecule has 148 valence electrons. The summed E-state index contributed by atoms with van der Waals surface area (Å²) < 4.78 is 5.41. The Morgan fingerprint density at radius 3 is 2.55 bits per heavy atom. The lowest BCUT2D eigenvalue weighted by molar-refractivity contribution is -0.137. The lowest BCUT2D eigenvalue weighted by atomic mass is 9.91. The first kappa shape index (κ1) is 18.8. The Morgan fingerprint density at radius 2 is 1.86 bits per heavy atom. The highest BCUT2D eigenvalue weighted by atomic mass is 16.5. The van der Waals surface area contributed by atoms with E-state index in [0.29, 0.717) is 12.5 Å². The molecule has 0 amide bonds. The first-order valence-corrected chi connectivity index (χ1v) is 9.18. The fourth-order valence-corrected chi connectivity index (χ4v) is 3.65. The smallest absolute Gasteiger partial charge is 0.304 e. The number of hydrogen-bond donors (Lipinski definition) is 1. The molecule has 0 radical (unpaired) electrons. The second-order valence-electron chi connectivity index (χ2n) is 6.76. The highest BCUT2D eigenvalue weighted by Gasteiger charge is 2.30. The van der Waals surface area contributed by atoms with Crippen molar-refractivity contribution in [1.82, 2.24) is 15.0 Å². The summed E-state index contributed by atoms with van der Waals surface area (Å²) in [5.74, 6) is 0.183. The predicted molar refractivity (Wildman–Crippen MR) is 109 cm³/mol. The quantitative estimate of drug-likeness (QED) is 0.684. The fraction of sp³-hybridized carbons (Fsp3) is 0.238. The molecule has 1 N–H and O–H groups in total. The van der Waals surface area contributed by atoms with Crippen molar-refractivity contribution in [2.45, 2.75) is 12.3 Å². The maximum absolute atomic E-state index is 11.5. The van der Waals surface area contributed by atoms with Crippen LogP contribution in [0.1, 0.15) is 23.6 Å². The van der Waals surface area contributed by atoms with Gasteiger partial charge in [0.25, 0.3) is 0 Å². The molecular formula is C21H21N5O3.